The molecule has 0 aromatic heterocycles. The van der Waals surface area contributed by atoms with Gasteiger partial charge < -0.3 is 4.74 Å². The molecule has 2 aliphatic carbocycles. The second-order valence-corrected chi connectivity index (χ2v) is 5.02. The van der Waals surface area contributed by atoms with Crippen LogP contribution in [0.25, 0.3) is 0 Å². The highest BCUT2D eigenvalue weighted by Gasteiger charge is 2.50. The zero-order chi connectivity index (χ0) is 8.02. The molecule has 0 bridgehead atoms. The van der Waals surface area contributed by atoms with Crippen molar-refractivity contribution in [1.29, 1.82) is 0 Å². The molecule has 2 unspecified atom stereocenters. The minimum absolute atomic E-state index is 0.692. The fourth-order valence-corrected chi connectivity index (χ4v) is 3.35. The fourth-order valence-electron chi connectivity index (χ4n) is 3.35. The summed E-state index contributed by atoms with van der Waals surface area (Å²) in [5, 5.41) is 0. The summed E-state index contributed by atoms with van der Waals surface area (Å²) in [7, 11) is 0. The largest absolute Gasteiger partial charge is 0.370 e. The van der Waals surface area contributed by atoms with Crippen LogP contribution in [0.2, 0.25) is 0 Å². The highest BCUT2D eigenvalue weighted by Crippen LogP contribution is 2.53. The van der Waals surface area contributed by atoms with Gasteiger partial charge in [0.2, 0.25) is 0 Å². The van der Waals surface area contributed by atoms with E-state index in [9.17, 15) is 0 Å². The van der Waals surface area contributed by atoms with E-state index in [4.69, 9.17) is 4.74 Å². The molecule has 0 N–H and O–H groups in total. The Labute approximate surface area is 74.5 Å². The summed E-state index contributed by atoms with van der Waals surface area (Å²) >= 11 is 0. The Balaban J connectivity index is 1.71. The SMILES string of the molecule is C1CCC2(CC1)CCC1OC1C2. The van der Waals surface area contributed by atoms with Gasteiger partial charge in [-0.1, -0.05) is 19.3 Å². The molecule has 0 radical (unpaired) electrons. The van der Waals surface area contributed by atoms with Gasteiger partial charge in [0.05, 0.1) is 12.2 Å². The molecule has 2 saturated carbocycles. The molecule has 0 aromatic rings. The van der Waals surface area contributed by atoms with Gasteiger partial charge >= 0.3 is 0 Å². The Morgan fingerprint density at radius 3 is 2.50 bits per heavy atom. The van der Waals surface area contributed by atoms with E-state index in [1.165, 1.54) is 51.4 Å². The number of ether oxygens (including phenoxy) is 1. The van der Waals surface area contributed by atoms with Gasteiger partial charge in [-0.05, 0) is 37.5 Å². The molecule has 1 heteroatoms. The van der Waals surface area contributed by atoms with Crippen molar-refractivity contribution in [2.75, 3.05) is 0 Å². The van der Waals surface area contributed by atoms with E-state index in [0.717, 1.165) is 5.41 Å². The zero-order valence-electron chi connectivity index (χ0n) is 7.72. The van der Waals surface area contributed by atoms with Gasteiger partial charge in [-0.15, -0.1) is 0 Å². The third-order valence-electron chi connectivity index (χ3n) is 4.20. The molecule has 12 heavy (non-hydrogen) atoms. The van der Waals surface area contributed by atoms with Crippen LogP contribution in [0, 0.1) is 5.41 Å². The standard InChI is InChI=1S/C11H18O/c1-2-5-11(6-3-1)7-4-9-10(8-11)12-9/h9-10H,1-8H2. The van der Waals surface area contributed by atoms with Crippen molar-refractivity contribution in [1.82, 2.24) is 0 Å². The van der Waals surface area contributed by atoms with Crippen molar-refractivity contribution in [3.63, 3.8) is 0 Å². The Morgan fingerprint density at radius 1 is 0.917 bits per heavy atom. The van der Waals surface area contributed by atoms with Crippen molar-refractivity contribution in [3.8, 4) is 0 Å². The lowest BCUT2D eigenvalue weighted by Gasteiger charge is -2.39. The number of hydrogen-bond acceptors (Lipinski definition) is 1. The third-order valence-corrected chi connectivity index (χ3v) is 4.20. The maximum Gasteiger partial charge on any atom is 0.0847 e. The first-order valence-corrected chi connectivity index (χ1v) is 5.54. The van der Waals surface area contributed by atoms with Crippen molar-refractivity contribution < 1.29 is 4.74 Å². The highest BCUT2D eigenvalue weighted by atomic mass is 16.6. The van der Waals surface area contributed by atoms with Gasteiger partial charge in [0, 0.05) is 0 Å². The van der Waals surface area contributed by atoms with E-state index in [-0.39, 0.29) is 0 Å². The van der Waals surface area contributed by atoms with Crippen LogP contribution in [-0.4, -0.2) is 12.2 Å². The number of rotatable bonds is 0. The second kappa shape index (κ2) is 2.47. The first kappa shape index (κ1) is 7.37. The maximum absolute atomic E-state index is 5.61. The number of hydrogen-bond donors (Lipinski definition) is 0. The van der Waals surface area contributed by atoms with E-state index in [1.807, 2.05) is 0 Å². The van der Waals surface area contributed by atoms with Crippen LogP contribution in [0.1, 0.15) is 51.4 Å². The zero-order valence-corrected chi connectivity index (χ0v) is 7.72. The molecule has 2 atom stereocenters. The first-order valence-electron chi connectivity index (χ1n) is 5.54. The second-order valence-electron chi connectivity index (χ2n) is 5.02. The van der Waals surface area contributed by atoms with Gasteiger partial charge in [-0.2, -0.15) is 0 Å². The Bertz CT molecular complexity index is 181. The summed E-state index contributed by atoms with van der Waals surface area (Å²) in [6.07, 6.45) is 13.1. The highest BCUT2D eigenvalue weighted by molar-refractivity contribution is 4.99. The molecule has 3 rings (SSSR count). The van der Waals surface area contributed by atoms with Crippen molar-refractivity contribution in [2.45, 2.75) is 63.6 Å². The van der Waals surface area contributed by atoms with E-state index < -0.39 is 0 Å². The van der Waals surface area contributed by atoms with Crippen LogP contribution in [0.3, 0.4) is 0 Å². The lowest BCUT2D eigenvalue weighted by molar-refractivity contribution is 0.135. The summed E-state index contributed by atoms with van der Waals surface area (Å²) < 4.78 is 5.61. The Hall–Kier alpha value is -0.0400. The topological polar surface area (TPSA) is 12.5 Å². The average molecular weight is 166 g/mol. The minimum atomic E-state index is 0.692. The van der Waals surface area contributed by atoms with Gasteiger partial charge in [-0.3, -0.25) is 0 Å². The lowest BCUT2D eigenvalue weighted by atomic mass is 9.65. The quantitative estimate of drug-likeness (QED) is 0.504. The molecule has 3 aliphatic rings. The number of epoxide rings is 1. The third kappa shape index (κ3) is 1.10. The summed E-state index contributed by atoms with van der Waals surface area (Å²) in [6.45, 7) is 0. The molecule has 1 aliphatic heterocycles. The van der Waals surface area contributed by atoms with Crippen molar-refractivity contribution in [2.24, 2.45) is 5.41 Å². The molecule has 1 nitrogen and oxygen atoms in total. The molecule has 1 heterocycles. The van der Waals surface area contributed by atoms with Crippen molar-refractivity contribution >= 4 is 0 Å². The molecule has 1 spiro atoms. The predicted molar refractivity (Wildman–Crippen MR) is 48.0 cm³/mol. The molecule has 0 amide bonds. The van der Waals surface area contributed by atoms with E-state index in [0.29, 0.717) is 12.2 Å². The fraction of sp³-hybridized carbons (Fsp3) is 1.00. The summed E-state index contributed by atoms with van der Waals surface area (Å²) in [4.78, 5) is 0. The van der Waals surface area contributed by atoms with E-state index in [2.05, 4.69) is 0 Å². The number of fused-ring (bicyclic) bond motifs is 1. The normalized spacial score (nSPS) is 44.0. The van der Waals surface area contributed by atoms with Crippen LogP contribution in [-0.2, 0) is 4.74 Å². The summed E-state index contributed by atoms with van der Waals surface area (Å²) in [5.41, 5.74) is 0.746. The van der Waals surface area contributed by atoms with Crippen LogP contribution in [0.4, 0.5) is 0 Å². The monoisotopic (exact) mass is 166 g/mol. The van der Waals surface area contributed by atoms with Crippen LogP contribution in [0.15, 0.2) is 0 Å². The summed E-state index contributed by atoms with van der Waals surface area (Å²) in [5.74, 6) is 0. The molecular weight excluding hydrogens is 148 g/mol. The molecule has 1 saturated heterocycles. The van der Waals surface area contributed by atoms with Gasteiger partial charge in [0.15, 0.2) is 0 Å². The van der Waals surface area contributed by atoms with Gasteiger partial charge in [0.25, 0.3) is 0 Å². The maximum atomic E-state index is 5.61. The van der Waals surface area contributed by atoms with Crippen LogP contribution >= 0.6 is 0 Å². The molecular formula is C11H18O. The van der Waals surface area contributed by atoms with E-state index in [1.54, 1.807) is 0 Å². The van der Waals surface area contributed by atoms with E-state index >= 15 is 0 Å². The lowest BCUT2D eigenvalue weighted by Crippen LogP contribution is -2.30. The van der Waals surface area contributed by atoms with Gasteiger partial charge in [0.1, 0.15) is 0 Å². The average Bonchev–Trinajstić information content (AvgIpc) is 2.84. The molecule has 3 fully saturated rings. The predicted octanol–water partition coefficient (Wildman–Crippen LogP) is 2.89. The van der Waals surface area contributed by atoms with Crippen LogP contribution < -0.4 is 0 Å². The van der Waals surface area contributed by atoms with Gasteiger partial charge in [-0.25, -0.2) is 0 Å². The minimum Gasteiger partial charge on any atom is -0.370 e. The summed E-state index contributed by atoms with van der Waals surface area (Å²) in [6, 6.07) is 0. The Morgan fingerprint density at radius 2 is 1.75 bits per heavy atom. The smallest absolute Gasteiger partial charge is 0.0847 e. The first-order chi connectivity index (χ1) is 5.88. The molecule has 68 valence electrons. The Kier molecular flexibility index (Phi) is 1.52. The van der Waals surface area contributed by atoms with Crippen molar-refractivity contribution in [3.05, 3.63) is 0 Å². The van der Waals surface area contributed by atoms with Crippen LogP contribution in [0.5, 0.6) is 0 Å². The molecule has 0 aromatic carbocycles.